The van der Waals surface area contributed by atoms with Crippen LogP contribution < -0.4 is 10.6 Å². The van der Waals surface area contributed by atoms with Crippen LogP contribution in [-0.2, 0) is 17.9 Å². The van der Waals surface area contributed by atoms with Crippen molar-refractivity contribution in [2.75, 3.05) is 11.9 Å². The molecule has 3 rings (SSSR count). The number of urea groups is 1. The fourth-order valence-corrected chi connectivity index (χ4v) is 2.12. The van der Waals surface area contributed by atoms with Gasteiger partial charge in [-0.1, -0.05) is 12.1 Å². The summed E-state index contributed by atoms with van der Waals surface area (Å²) in [6, 6.07) is 11.1. The van der Waals surface area contributed by atoms with E-state index in [1.54, 1.807) is 12.3 Å². The first-order valence-electron chi connectivity index (χ1n) is 7.53. The third-order valence-electron chi connectivity index (χ3n) is 3.51. The first-order valence-corrected chi connectivity index (χ1v) is 7.53. The zero-order valence-electron chi connectivity index (χ0n) is 12.4. The predicted molar refractivity (Wildman–Crippen MR) is 83.4 cm³/mol. The summed E-state index contributed by atoms with van der Waals surface area (Å²) in [7, 11) is 0. The second-order valence-electron chi connectivity index (χ2n) is 5.55. The highest BCUT2D eigenvalue weighted by Gasteiger charge is 2.20. The zero-order valence-corrected chi connectivity index (χ0v) is 12.4. The number of benzene rings is 1. The van der Waals surface area contributed by atoms with Gasteiger partial charge in [-0.3, -0.25) is 0 Å². The first-order chi connectivity index (χ1) is 10.8. The summed E-state index contributed by atoms with van der Waals surface area (Å²) in [5.74, 6) is 1.48. The minimum atomic E-state index is -0.257. The van der Waals surface area contributed by atoms with Crippen LogP contribution >= 0.6 is 0 Å². The van der Waals surface area contributed by atoms with E-state index in [4.69, 9.17) is 9.15 Å². The summed E-state index contributed by atoms with van der Waals surface area (Å²) >= 11 is 0. The van der Waals surface area contributed by atoms with E-state index in [0.29, 0.717) is 13.2 Å². The zero-order chi connectivity index (χ0) is 15.2. The summed E-state index contributed by atoms with van der Waals surface area (Å²) in [5.41, 5.74) is 1.81. The highest BCUT2D eigenvalue weighted by Crippen LogP contribution is 2.29. The van der Waals surface area contributed by atoms with E-state index in [1.807, 2.05) is 30.3 Å². The van der Waals surface area contributed by atoms with Crippen LogP contribution in [0.5, 0.6) is 0 Å². The highest BCUT2D eigenvalue weighted by atomic mass is 16.5. The topological polar surface area (TPSA) is 63.5 Å². The quantitative estimate of drug-likeness (QED) is 0.822. The number of amides is 2. The molecule has 0 radical (unpaired) electrons. The van der Waals surface area contributed by atoms with Crippen LogP contribution in [0.1, 0.15) is 24.2 Å². The van der Waals surface area contributed by atoms with E-state index >= 15 is 0 Å². The van der Waals surface area contributed by atoms with Gasteiger partial charge in [-0.25, -0.2) is 4.79 Å². The fraction of sp³-hybridized carbons (Fsp3) is 0.353. The van der Waals surface area contributed by atoms with E-state index in [2.05, 4.69) is 10.6 Å². The van der Waals surface area contributed by atoms with Gasteiger partial charge in [0.25, 0.3) is 0 Å². The number of carbonyl (C=O) groups is 1. The van der Waals surface area contributed by atoms with Crippen LogP contribution in [0.15, 0.2) is 47.1 Å². The number of ether oxygens (including phenoxy) is 1. The molecule has 0 unspecified atom stereocenters. The Balaban J connectivity index is 1.45. The average Bonchev–Trinajstić information content (AvgIpc) is 3.19. The lowest BCUT2D eigenvalue weighted by atomic mass is 10.2. The maximum absolute atomic E-state index is 11.8. The molecule has 2 N–H and O–H groups in total. The van der Waals surface area contributed by atoms with E-state index in [0.717, 1.165) is 29.5 Å². The summed E-state index contributed by atoms with van der Waals surface area (Å²) in [6.45, 7) is 1.78. The second-order valence-corrected chi connectivity index (χ2v) is 5.55. The van der Waals surface area contributed by atoms with Crippen molar-refractivity contribution >= 4 is 11.7 Å². The maximum atomic E-state index is 11.8. The van der Waals surface area contributed by atoms with Crippen molar-refractivity contribution in [1.82, 2.24) is 5.32 Å². The van der Waals surface area contributed by atoms with Crippen LogP contribution in [0.25, 0.3) is 0 Å². The smallest absolute Gasteiger partial charge is 0.319 e. The van der Waals surface area contributed by atoms with Crippen molar-refractivity contribution in [2.24, 2.45) is 5.92 Å². The highest BCUT2D eigenvalue weighted by molar-refractivity contribution is 5.89. The normalized spacial score (nSPS) is 13.8. The molecule has 1 aromatic carbocycles. The van der Waals surface area contributed by atoms with Gasteiger partial charge in [-0.2, -0.15) is 0 Å². The second kappa shape index (κ2) is 7.13. The molecule has 2 aromatic rings. The Labute approximate surface area is 129 Å². The van der Waals surface area contributed by atoms with Gasteiger partial charge in [0.1, 0.15) is 5.76 Å². The number of furan rings is 1. The largest absolute Gasteiger partial charge is 0.467 e. The number of nitrogens with one attached hydrogen (secondary N) is 2. The van der Waals surface area contributed by atoms with Crippen LogP contribution in [0, 0.1) is 5.92 Å². The molecule has 5 heteroatoms. The lowest BCUT2D eigenvalue weighted by molar-refractivity contribution is 0.111. The van der Waals surface area contributed by atoms with Crippen LogP contribution in [0.3, 0.4) is 0 Å². The molecule has 1 aromatic heterocycles. The molecule has 116 valence electrons. The van der Waals surface area contributed by atoms with Crippen molar-refractivity contribution in [1.29, 1.82) is 0 Å². The van der Waals surface area contributed by atoms with Gasteiger partial charge < -0.3 is 19.8 Å². The summed E-state index contributed by atoms with van der Waals surface area (Å²) in [4.78, 5) is 11.8. The van der Waals surface area contributed by atoms with Crippen molar-refractivity contribution in [2.45, 2.75) is 26.0 Å². The standard InChI is InChI=1S/C17H20N2O3/c20-17(18-10-16-5-2-8-22-16)19-15-4-1-3-14(9-15)12-21-11-13-6-7-13/h1-5,8-9,13H,6-7,10-12H2,(H2,18,19,20). The fourth-order valence-electron chi connectivity index (χ4n) is 2.12. The van der Waals surface area contributed by atoms with Gasteiger partial charge >= 0.3 is 6.03 Å². The Morgan fingerprint density at radius 1 is 1.27 bits per heavy atom. The molecule has 1 saturated carbocycles. The third kappa shape index (κ3) is 4.63. The molecule has 0 atom stereocenters. The van der Waals surface area contributed by atoms with E-state index in [1.165, 1.54) is 12.8 Å². The molecule has 0 bridgehead atoms. The molecular weight excluding hydrogens is 280 g/mol. The number of rotatable bonds is 7. The van der Waals surface area contributed by atoms with Crippen LogP contribution in [0.2, 0.25) is 0 Å². The molecule has 0 spiro atoms. The molecule has 1 aliphatic rings. The maximum Gasteiger partial charge on any atom is 0.319 e. The molecule has 1 heterocycles. The number of carbonyl (C=O) groups excluding carboxylic acids is 1. The molecular formula is C17H20N2O3. The van der Waals surface area contributed by atoms with Crippen LogP contribution in [0.4, 0.5) is 10.5 Å². The first kappa shape index (κ1) is 14.7. The van der Waals surface area contributed by atoms with Gasteiger partial charge in [0.2, 0.25) is 0 Å². The van der Waals surface area contributed by atoms with Gasteiger partial charge in [-0.05, 0) is 48.6 Å². The van der Waals surface area contributed by atoms with Gasteiger partial charge in [-0.15, -0.1) is 0 Å². The molecule has 0 aliphatic heterocycles. The molecule has 22 heavy (non-hydrogen) atoms. The number of hydrogen-bond donors (Lipinski definition) is 2. The molecule has 0 saturated heterocycles. The average molecular weight is 300 g/mol. The van der Waals surface area contributed by atoms with Crippen molar-refractivity contribution < 1.29 is 13.9 Å². The summed E-state index contributed by atoms with van der Waals surface area (Å²) < 4.78 is 10.8. The lowest BCUT2D eigenvalue weighted by Crippen LogP contribution is -2.28. The summed E-state index contributed by atoms with van der Waals surface area (Å²) in [6.07, 6.45) is 4.16. The summed E-state index contributed by atoms with van der Waals surface area (Å²) in [5, 5.41) is 5.55. The Morgan fingerprint density at radius 3 is 2.95 bits per heavy atom. The Bertz CT molecular complexity index is 606. The Morgan fingerprint density at radius 2 is 2.18 bits per heavy atom. The van der Waals surface area contributed by atoms with Crippen LogP contribution in [-0.4, -0.2) is 12.6 Å². The molecule has 1 fully saturated rings. The van der Waals surface area contributed by atoms with Crippen molar-refractivity contribution in [3.8, 4) is 0 Å². The minimum absolute atomic E-state index is 0.257. The molecule has 2 amide bonds. The Kier molecular flexibility index (Phi) is 4.75. The number of anilines is 1. The van der Waals surface area contributed by atoms with E-state index < -0.39 is 0 Å². The van der Waals surface area contributed by atoms with Gasteiger partial charge in [0, 0.05) is 12.3 Å². The third-order valence-corrected chi connectivity index (χ3v) is 3.51. The van der Waals surface area contributed by atoms with Gasteiger partial charge in [0.15, 0.2) is 0 Å². The Hall–Kier alpha value is -2.27. The van der Waals surface area contributed by atoms with Crippen molar-refractivity contribution in [3.63, 3.8) is 0 Å². The van der Waals surface area contributed by atoms with E-state index in [9.17, 15) is 4.79 Å². The molecule has 1 aliphatic carbocycles. The SMILES string of the molecule is O=C(NCc1ccco1)Nc1cccc(COCC2CC2)c1. The minimum Gasteiger partial charge on any atom is -0.467 e. The number of hydrogen-bond acceptors (Lipinski definition) is 3. The predicted octanol–water partition coefficient (Wildman–Crippen LogP) is 3.53. The van der Waals surface area contributed by atoms with E-state index in [-0.39, 0.29) is 6.03 Å². The lowest BCUT2D eigenvalue weighted by Gasteiger charge is -2.09. The van der Waals surface area contributed by atoms with Crippen molar-refractivity contribution in [3.05, 3.63) is 54.0 Å². The monoisotopic (exact) mass is 300 g/mol. The van der Waals surface area contributed by atoms with Gasteiger partial charge in [0.05, 0.1) is 19.4 Å². The molecule has 5 nitrogen and oxygen atoms in total.